The lowest BCUT2D eigenvalue weighted by Crippen LogP contribution is -2.19. The van der Waals surface area contributed by atoms with E-state index in [-0.39, 0.29) is 22.3 Å². The molecule has 0 fully saturated rings. The minimum absolute atomic E-state index is 0.0778. The first-order valence-corrected chi connectivity index (χ1v) is 18.1. The van der Waals surface area contributed by atoms with E-state index in [1.165, 1.54) is 13.0 Å². The Morgan fingerprint density at radius 2 is 0.696 bits per heavy atom. The second-order valence-corrected chi connectivity index (χ2v) is 14.4. The van der Waals surface area contributed by atoms with Crippen LogP contribution in [0.1, 0.15) is 98.3 Å². The van der Waals surface area contributed by atoms with Gasteiger partial charge in [0, 0.05) is 16.4 Å². The van der Waals surface area contributed by atoms with Crippen LogP contribution in [0.15, 0.2) is 146 Å². The van der Waals surface area contributed by atoms with Crippen LogP contribution in [0.4, 0.5) is 0 Å². The molecule has 8 heteroatoms. The molecule has 6 rings (SSSR count). The molecule has 0 atom stereocenters. The van der Waals surface area contributed by atoms with E-state index < -0.39 is 23.3 Å². The van der Waals surface area contributed by atoms with Gasteiger partial charge in [-0.2, -0.15) is 0 Å². The van der Waals surface area contributed by atoms with Crippen molar-refractivity contribution in [2.75, 3.05) is 7.11 Å². The van der Waals surface area contributed by atoms with Gasteiger partial charge in [0.2, 0.25) is 0 Å². The molecule has 0 amide bonds. The molecule has 0 radical (unpaired) electrons. The van der Waals surface area contributed by atoms with Crippen LogP contribution >= 0.6 is 0 Å². The molecule has 282 valence electrons. The molecule has 0 unspecified atom stereocenters. The van der Waals surface area contributed by atoms with Crippen LogP contribution in [0.5, 0.6) is 23.0 Å². The molecular weight excluding hydrogens is 705 g/mol. The molecule has 6 aromatic carbocycles. The number of ether oxygens (including phenoxy) is 4. The summed E-state index contributed by atoms with van der Waals surface area (Å²) < 4.78 is 22.1. The van der Waals surface area contributed by atoms with E-state index in [0.717, 1.165) is 28.0 Å². The summed E-state index contributed by atoms with van der Waals surface area (Å²) in [5.41, 5.74) is 4.67. The Labute approximate surface area is 326 Å². The van der Waals surface area contributed by atoms with E-state index in [1.807, 2.05) is 60.7 Å². The van der Waals surface area contributed by atoms with E-state index in [4.69, 9.17) is 18.9 Å². The second kappa shape index (κ2) is 16.3. The number of methoxy groups -OCH3 is 1. The molecule has 8 nitrogen and oxygen atoms in total. The molecule has 56 heavy (non-hydrogen) atoms. The SMILES string of the molecule is COc1ccc(C(C)(C)c2ccc(OC(=O)c3cccc(C(=O)Oc4ccc(C(C)(C)c5ccc(OC(=O)c6ccc(C(C)=O)cc6)cc5)cc4)c3)cc2)cc1. The topological polar surface area (TPSA) is 105 Å². The van der Waals surface area contributed by atoms with Gasteiger partial charge in [0.25, 0.3) is 0 Å². The smallest absolute Gasteiger partial charge is 0.343 e. The third-order valence-electron chi connectivity index (χ3n) is 10.0. The number of ketones is 1. The highest BCUT2D eigenvalue weighted by atomic mass is 16.5. The van der Waals surface area contributed by atoms with E-state index in [1.54, 1.807) is 86.0 Å². The lowest BCUT2D eigenvalue weighted by atomic mass is 9.78. The number of esters is 3. The van der Waals surface area contributed by atoms with Crippen molar-refractivity contribution >= 4 is 23.7 Å². The monoisotopic (exact) mass is 746 g/mol. The van der Waals surface area contributed by atoms with E-state index in [9.17, 15) is 19.2 Å². The minimum Gasteiger partial charge on any atom is -0.497 e. The van der Waals surface area contributed by atoms with Crippen LogP contribution in [0.3, 0.4) is 0 Å². The predicted octanol–water partition coefficient (Wildman–Crippen LogP) is 10.2. The first kappa shape index (κ1) is 38.9. The highest BCUT2D eigenvalue weighted by molar-refractivity contribution is 5.97. The summed E-state index contributed by atoms with van der Waals surface area (Å²) in [6.45, 7) is 9.85. The highest BCUT2D eigenvalue weighted by Crippen LogP contribution is 2.35. The average Bonchev–Trinajstić information content (AvgIpc) is 3.21. The van der Waals surface area contributed by atoms with Gasteiger partial charge in [-0.15, -0.1) is 0 Å². The molecule has 0 N–H and O–H groups in total. The summed E-state index contributed by atoms with van der Waals surface area (Å²) >= 11 is 0. The van der Waals surface area contributed by atoms with Gasteiger partial charge in [0.05, 0.1) is 23.8 Å². The van der Waals surface area contributed by atoms with Crippen molar-refractivity contribution in [3.63, 3.8) is 0 Å². The van der Waals surface area contributed by atoms with Crippen LogP contribution in [-0.2, 0) is 10.8 Å². The second-order valence-electron chi connectivity index (χ2n) is 14.4. The lowest BCUT2D eigenvalue weighted by molar-refractivity contribution is 0.0721. The molecule has 0 aliphatic heterocycles. The van der Waals surface area contributed by atoms with Gasteiger partial charge in [-0.25, -0.2) is 14.4 Å². The van der Waals surface area contributed by atoms with Crippen molar-refractivity contribution in [2.45, 2.75) is 45.4 Å². The van der Waals surface area contributed by atoms with Gasteiger partial charge in [0.1, 0.15) is 23.0 Å². The number of carbonyl (C=O) groups is 4. The van der Waals surface area contributed by atoms with Crippen LogP contribution in [-0.4, -0.2) is 30.8 Å². The van der Waals surface area contributed by atoms with E-state index in [2.05, 4.69) is 27.7 Å². The number of carbonyl (C=O) groups excluding carboxylic acids is 4. The molecule has 0 spiro atoms. The van der Waals surface area contributed by atoms with Gasteiger partial charge in [-0.05, 0) is 108 Å². The van der Waals surface area contributed by atoms with Crippen molar-refractivity contribution in [1.29, 1.82) is 0 Å². The Morgan fingerprint density at radius 3 is 1.02 bits per heavy atom. The zero-order chi connectivity index (χ0) is 40.0. The fraction of sp³-hybridized carbons (Fsp3) is 0.167. The Balaban J connectivity index is 1.05. The normalized spacial score (nSPS) is 11.3. The first-order chi connectivity index (χ1) is 26.7. The molecule has 0 saturated heterocycles. The highest BCUT2D eigenvalue weighted by Gasteiger charge is 2.25. The summed E-state index contributed by atoms with van der Waals surface area (Å²) in [4.78, 5) is 50.4. The van der Waals surface area contributed by atoms with Crippen molar-refractivity contribution < 1.29 is 38.1 Å². The summed E-state index contributed by atoms with van der Waals surface area (Å²) in [7, 11) is 1.64. The predicted molar refractivity (Wildman–Crippen MR) is 214 cm³/mol. The van der Waals surface area contributed by atoms with E-state index in [0.29, 0.717) is 28.4 Å². The van der Waals surface area contributed by atoms with Crippen molar-refractivity contribution in [3.8, 4) is 23.0 Å². The van der Waals surface area contributed by atoms with Gasteiger partial charge in [0.15, 0.2) is 5.78 Å². The molecular formula is C48H42O8. The largest absolute Gasteiger partial charge is 0.497 e. The lowest BCUT2D eigenvalue weighted by Gasteiger charge is -2.26. The minimum atomic E-state index is -0.614. The molecule has 0 heterocycles. The zero-order valence-electron chi connectivity index (χ0n) is 32.1. The average molecular weight is 747 g/mol. The molecule has 6 aromatic rings. The van der Waals surface area contributed by atoms with Crippen molar-refractivity contribution in [1.82, 2.24) is 0 Å². The fourth-order valence-corrected chi connectivity index (χ4v) is 6.27. The third kappa shape index (κ3) is 8.77. The summed E-state index contributed by atoms with van der Waals surface area (Å²) in [6, 6.07) is 42.4. The maximum absolute atomic E-state index is 13.1. The maximum atomic E-state index is 13.1. The number of rotatable bonds is 12. The maximum Gasteiger partial charge on any atom is 0.343 e. The van der Waals surface area contributed by atoms with Crippen molar-refractivity contribution in [2.24, 2.45) is 0 Å². The summed E-state index contributed by atoms with van der Waals surface area (Å²) in [6.07, 6.45) is 0. The molecule has 0 aromatic heterocycles. The quantitative estimate of drug-likeness (QED) is 0.0692. The zero-order valence-corrected chi connectivity index (χ0v) is 32.1. The third-order valence-corrected chi connectivity index (χ3v) is 10.0. The molecule has 0 aliphatic carbocycles. The van der Waals surface area contributed by atoms with E-state index >= 15 is 0 Å². The number of hydrogen-bond acceptors (Lipinski definition) is 8. The summed E-state index contributed by atoms with van der Waals surface area (Å²) in [5.74, 6) is 0.107. The van der Waals surface area contributed by atoms with Crippen LogP contribution < -0.4 is 18.9 Å². The molecule has 0 aliphatic rings. The Hall–Kier alpha value is -6.80. The standard InChI is InChI=1S/C48H42O8/c1-31(49)32-10-12-33(13-11-32)44(50)54-41-24-16-38(17-25-41)48(4,5)39-20-28-43(29-21-39)56-46(52)35-9-7-8-34(30-35)45(51)55-42-26-18-37(19-27-42)47(2,3)36-14-22-40(53-6)23-15-36/h7-30H,1-6H3. The fourth-order valence-electron chi connectivity index (χ4n) is 6.27. The Morgan fingerprint density at radius 1 is 0.393 bits per heavy atom. The number of hydrogen-bond donors (Lipinski definition) is 0. The Kier molecular flexibility index (Phi) is 11.3. The van der Waals surface area contributed by atoms with Crippen LogP contribution in [0.2, 0.25) is 0 Å². The molecule has 0 saturated carbocycles. The summed E-state index contributed by atoms with van der Waals surface area (Å²) in [5, 5.41) is 0. The number of Topliss-reactive ketones (excluding diaryl/α,β-unsaturated/α-hetero) is 1. The van der Waals surface area contributed by atoms with Gasteiger partial charge in [-0.3, -0.25) is 4.79 Å². The number of benzene rings is 6. The van der Waals surface area contributed by atoms with Gasteiger partial charge in [-0.1, -0.05) is 94.4 Å². The molecule has 0 bridgehead atoms. The Bertz CT molecular complexity index is 2350. The van der Waals surface area contributed by atoms with Crippen LogP contribution in [0.25, 0.3) is 0 Å². The van der Waals surface area contributed by atoms with Crippen molar-refractivity contribution in [3.05, 3.63) is 190 Å². The van der Waals surface area contributed by atoms with Crippen LogP contribution in [0, 0.1) is 0 Å². The van der Waals surface area contributed by atoms with Gasteiger partial charge < -0.3 is 18.9 Å². The first-order valence-electron chi connectivity index (χ1n) is 18.1. The van der Waals surface area contributed by atoms with Gasteiger partial charge >= 0.3 is 17.9 Å².